The lowest BCUT2D eigenvalue weighted by Gasteiger charge is -2.44. The average Bonchev–Trinajstić information content (AvgIpc) is 3.19. The van der Waals surface area contributed by atoms with Crippen LogP contribution in [-0.4, -0.2) is 73.0 Å². The van der Waals surface area contributed by atoms with E-state index in [2.05, 4.69) is 42.0 Å². The van der Waals surface area contributed by atoms with Gasteiger partial charge >= 0.3 is 0 Å². The molecule has 40 heavy (non-hydrogen) atoms. The minimum Gasteiger partial charge on any atom is -0.384 e. The fourth-order valence-corrected chi connectivity index (χ4v) is 5.23. The largest absolute Gasteiger partial charge is 0.384 e. The van der Waals surface area contributed by atoms with Gasteiger partial charge in [0.1, 0.15) is 17.0 Å². The summed E-state index contributed by atoms with van der Waals surface area (Å²) in [6.07, 6.45) is 3.10. The molecular formula is C28H31N9O3. The highest BCUT2D eigenvalue weighted by Crippen LogP contribution is 2.36. The summed E-state index contributed by atoms with van der Waals surface area (Å²) in [5.41, 5.74) is 1.75. The number of amides is 1. The van der Waals surface area contributed by atoms with Crippen LogP contribution < -0.4 is 21.1 Å². The molecule has 2 aliphatic heterocycles. The number of nitrogens with zero attached hydrogens (tertiary/aromatic N) is 7. The van der Waals surface area contributed by atoms with Gasteiger partial charge in [0.25, 0.3) is 5.56 Å². The fourth-order valence-electron chi connectivity index (χ4n) is 5.23. The van der Waals surface area contributed by atoms with Gasteiger partial charge in [-0.3, -0.25) is 9.59 Å². The standard InChI is InChI=1S/C28H31N9O3/c1-5-11-36-26(39)18-15-29-27(33-24(18)37(36)23-8-6-7-22(32-23)28(2,3)40)30-17-9-10-20-19(14-17)31-25(38)21-16-34(4)12-13-35(20)21/h5-10,14-15,21,40H,1,11-13,16H2,2-4H3,(H,31,38)(H,29,30,33)/t21-/m0/s1. The maximum atomic E-state index is 13.3. The molecule has 1 amide bonds. The van der Waals surface area contributed by atoms with Gasteiger partial charge in [0.05, 0.1) is 23.6 Å². The fraction of sp³-hybridized carbons (Fsp3) is 0.321. The molecule has 5 heterocycles. The minimum atomic E-state index is -1.17. The Kier molecular flexibility index (Phi) is 6.15. The number of anilines is 4. The second-order valence-corrected chi connectivity index (χ2v) is 10.7. The monoisotopic (exact) mass is 541 g/mol. The summed E-state index contributed by atoms with van der Waals surface area (Å²) in [7, 11) is 2.02. The van der Waals surface area contributed by atoms with Crippen molar-refractivity contribution in [2.24, 2.45) is 0 Å². The van der Waals surface area contributed by atoms with Crippen molar-refractivity contribution in [2.75, 3.05) is 42.2 Å². The highest BCUT2D eigenvalue weighted by atomic mass is 16.3. The summed E-state index contributed by atoms with van der Waals surface area (Å²) in [4.78, 5) is 44.1. The highest BCUT2D eigenvalue weighted by molar-refractivity contribution is 6.04. The van der Waals surface area contributed by atoms with E-state index in [9.17, 15) is 14.7 Å². The highest BCUT2D eigenvalue weighted by Gasteiger charge is 2.36. The SMILES string of the molecule is C=CCn1c(=O)c2cnc(Nc3ccc4c(c3)NC(=O)[C@@H]3CN(C)CCN43)nc2n1-c1cccc(C(C)(C)O)n1. The van der Waals surface area contributed by atoms with Gasteiger partial charge in [0.2, 0.25) is 11.9 Å². The number of nitrogens with one attached hydrogen (secondary N) is 2. The van der Waals surface area contributed by atoms with Gasteiger partial charge in [0, 0.05) is 31.5 Å². The molecule has 1 atom stereocenters. The number of hydrogen-bond donors (Lipinski definition) is 3. The first-order valence-electron chi connectivity index (χ1n) is 13.1. The number of aromatic nitrogens is 5. The molecule has 3 N–H and O–H groups in total. The first kappa shape index (κ1) is 25.7. The number of carbonyl (C=O) groups is 1. The second-order valence-electron chi connectivity index (χ2n) is 10.7. The van der Waals surface area contributed by atoms with Gasteiger partial charge in [-0.1, -0.05) is 12.1 Å². The molecule has 4 aromatic rings. The molecule has 1 saturated heterocycles. The maximum Gasteiger partial charge on any atom is 0.278 e. The Morgan fingerprint density at radius 1 is 1.20 bits per heavy atom. The average molecular weight is 542 g/mol. The second kappa shape index (κ2) is 9.57. The van der Waals surface area contributed by atoms with Crippen LogP contribution in [0.25, 0.3) is 16.9 Å². The van der Waals surface area contributed by atoms with E-state index < -0.39 is 5.60 Å². The van der Waals surface area contributed by atoms with Crippen LogP contribution in [0.15, 0.2) is 60.0 Å². The number of likely N-dealkylation sites (N-methyl/N-ethyl adjacent to an activating group) is 1. The number of fused-ring (bicyclic) bond motifs is 4. The summed E-state index contributed by atoms with van der Waals surface area (Å²) >= 11 is 0. The summed E-state index contributed by atoms with van der Waals surface area (Å²) in [6.45, 7) is 9.65. The summed E-state index contributed by atoms with van der Waals surface area (Å²) in [5, 5.41) is 17.1. The zero-order valence-electron chi connectivity index (χ0n) is 22.6. The number of aliphatic hydroxyl groups is 1. The topological polar surface area (TPSA) is 133 Å². The van der Waals surface area contributed by atoms with E-state index in [-0.39, 0.29) is 30.0 Å². The van der Waals surface area contributed by atoms with E-state index in [1.807, 2.05) is 25.2 Å². The number of piperazine rings is 1. The summed E-state index contributed by atoms with van der Waals surface area (Å²) in [6, 6.07) is 10.8. The third-order valence-corrected chi connectivity index (χ3v) is 7.26. The summed E-state index contributed by atoms with van der Waals surface area (Å²) in [5.74, 6) is 0.675. The Hall–Kier alpha value is -4.55. The van der Waals surface area contributed by atoms with Crippen LogP contribution in [0.2, 0.25) is 0 Å². The van der Waals surface area contributed by atoms with Crippen molar-refractivity contribution in [3.8, 4) is 5.82 Å². The Morgan fingerprint density at radius 2 is 2.02 bits per heavy atom. The van der Waals surface area contributed by atoms with E-state index >= 15 is 0 Å². The van der Waals surface area contributed by atoms with E-state index in [1.54, 1.807) is 42.8 Å². The van der Waals surface area contributed by atoms with Crippen molar-refractivity contribution in [1.29, 1.82) is 0 Å². The molecule has 2 aliphatic rings. The van der Waals surface area contributed by atoms with Crippen LogP contribution in [0.4, 0.5) is 23.0 Å². The number of carbonyl (C=O) groups excluding carboxylic acids is 1. The van der Waals surface area contributed by atoms with Gasteiger partial charge in [0.15, 0.2) is 11.5 Å². The number of benzene rings is 1. The van der Waals surface area contributed by atoms with Crippen LogP contribution in [0, 0.1) is 0 Å². The van der Waals surface area contributed by atoms with E-state index in [0.29, 0.717) is 34.8 Å². The first-order chi connectivity index (χ1) is 19.1. The van der Waals surface area contributed by atoms with Crippen molar-refractivity contribution in [2.45, 2.75) is 32.0 Å². The van der Waals surface area contributed by atoms with E-state index in [0.717, 1.165) is 24.5 Å². The number of hydrogen-bond acceptors (Lipinski definition) is 9. The van der Waals surface area contributed by atoms with E-state index in [1.165, 1.54) is 10.9 Å². The van der Waals surface area contributed by atoms with Gasteiger partial charge in [-0.2, -0.15) is 4.98 Å². The van der Waals surface area contributed by atoms with Crippen LogP contribution in [-0.2, 0) is 16.9 Å². The van der Waals surface area contributed by atoms with Crippen LogP contribution in [0.5, 0.6) is 0 Å². The van der Waals surface area contributed by atoms with Crippen molar-refractivity contribution < 1.29 is 9.90 Å². The van der Waals surface area contributed by atoms with Gasteiger partial charge < -0.3 is 25.5 Å². The lowest BCUT2D eigenvalue weighted by molar-refractivity contribution is -0.118. The molecule has 3 aromatic heterocycles. The van der Waals surface area contributed by atoms with Crippen LogP contribution in [0.1, 0.15) is 19.5 Å². The third kappa shape index (κ3) is 4.40. The molecule has 0 bridgehead atoms. The molecule has 0 spiro atoms. The van der Waals surface area contributed by atoms with Crippen molar-refractivity contribution >= 4 is 40.0 Å². The first-order valence-corrected chi connectivity index (χ1v) is 13.1. The molecule has 12 nitrogen and oxygen atoms in total. The summed E-state index contributed by atoms with van der Waals surface area (Å²) < 4.78 is 3.09. The molecule has 0 unspecified atom stereocenters. The molecule has 1 fully saturated rings. The molecule has 12 heteroatoms. The number of allylic oxidation sites excluding steroid dienone is 1. The third-order valence-electron chi connectivity index (χ3n) is 7.26. The minimum absolute atomic E-state index is 0.0257. The van der Waals surface area contributed by atoms with E-state index in [4.69, 9.17) is 0 Å². The molecule has 1 aromatic carbocycles. The Labute approximate surface area is 230 Å². The van der Waals surface area contributed by atoms with Crippen LogP contribution >= 0.6 is 0 Å². The quantitative estimate of drug-likeness (QED) is 0.314. The number of pyridine rings is 1. The molecule has 206 valence electrons. The predicted octanol–water partition coefficient (Wildman–Crippen LogP) is 2.21. The van der Waals surface area contributed by atoms with Gasteiger partial charge in [-0.25, -0.2) is 19.3 Å². The van der Waals surface area contributed by atoms with Crippen molar-refractivity contribution in [3.63, 3.8) is 0 Å². The Balaban J connectivity index is 1.39. The smallest absolute Gasteiger partial charge is 0.278 e. The molecule has 0 aliphatic carbocycles. The lowest BCUT2D eigenvalue weighted by atomic mass is 10.0. The molecule has 0 radical (unpaired) electrons. The van der Waals surface area contributed by atoms with Gasteiger partial charge in [-0.15, -0.1) is 6.58 Å². The van der Waals surface area contributed by atoms with Gasteiger partial charge in [-0.05, 0) is 51.2 Å². The number of rotatable bonds is 6. The van der Waals surface area contributed by atoms with Crippen molar-refractivity contribution in [1.82, 2.24) is 29.2 Å². The maximum absolute atomic E-state index is 13.3. The molecule has 0 saturated carbocycles. The molecule has 6 rings (SSSR count). The zero-order valence-corrected chi connectivity index (χ0v) is 22.6. The Bertz CT molecular complexity index is 1700. The molecular weight excluding hydrogens is 510 g/mol. The zero-order chi connectivity index (χ0) is 28.2. The predicted molar refractivity (Wildman–Crippen MR) is 153 cm³/mol. The normalized spacial score (nSPS) is 17.4. The van der Waals surface area contributed by atoms with Crippen molar-refractivity contribution in [3.05, 3.63) is 71.3 Å². The lowest BCUT2D eigenvalue weighted by Crippen LogP contribution is -2.59. The van der Waals surface area contributed by atoms with Crippen LogP contribution in [0.3, 0.4) is 0 Å². The Morgan fingerprint density at radius 3 is 2.80 bits per heavy atom.